The highest BCUT2D eigenvalue weighted by Gasteiger charge is 2.10. The topological polar surface area (TPSA) is 24.5 Å². The molecule has 0 radical (unpaired) electrons. The summed E-state index contributed by atoms with van der Waals surface area (Å²) in [6.07, 6.45) is 3.91. The lowest BCUT2D eigenvalue weighted by molar-refractivity contribution is 0.101. The Morgan fingerprint density at radius 2 is 1.83 bits per heavy atom. The fourth-order valence-corrected chi connectivity index (χ4v) is 2.17. The molecule has 3 heteroatoms. The zero-order valence-electron chi connectivity index (χ0n) is 13.2. The van der Waals surface area contributed by atoms with Gasteiger partial charge in [-0.3, -0.25) is 4.90 Å². The third-order valence-electron chi connectivity index (χ3n) is 3.29. The number of ether oxygens (including phenoxy) is 1. The number of hydrogen-bond acceptors (Lipinski definition) is 3. The number of rotatable bonds is 12. The summed E-state index contributed by atoms with van der Waals surface area (Å²) in [4.78, 5) is 2.51. The van der Waals surface area contributed by atoms with Crippen LogP contribution in [0.1, 0.15) is 47.0 Å². The summed E-state index contributed by atoms with van der Waals surface area (Å²) in [6.45, 7) is 14.5. The van der Waals surface area contributed by atoms with Gasteiger partial charge in [-0.25, -0.2) is 0 Å². The zero-order chi connectivity index (χ0) is 13.8. The minimum atomic E-state index is 0.541. The Hall–Kier alpha value is -0.120. The van der Waals surface area contributed by atoms with Crippen molar-refractivity contribution < 1.29 is 4.74 Å². The summed E-state index contributed by atoms with van der Waals surface area (Å²) in [5, 5.41) is 3.50. The highest BCUT2D eigenvalue weighted by molar-refractivity contribution is 4.65. The van der Waals surface area contributed by atoms with Crippen molar-refractivity contribution in [2.45, 2.75) is 53.0 Å². The highest BCUT2D eigenvalue weighted by Crippen LogP contribution is 2.03. The van der Waals surface area contributed by atoms with Gasteiger partial charge in [-0.05, 0) is 51.9 Å². The molecule has 0 aliphatic carbocycles. The molecule has 0 fully saturated rings. The molecule has 1 N–H and O–H groups in total. The predicted octanol–water partition coefficient (Wildman–Crippen LogP) is 2.76. The monoisotopic (exact) mass is 258 g/mol. The van der Waals surface area contributed by atoms with Crippen molar-refractivity contribution in [3.63, 3.8) is 0 Å². The van der Waals surface area contributed by atoms with Crippen LogP contribution in [0.4, 0.5) is 0 Å². The van der Waals surface area contributed by atoms with E-state index in [2.05, 4.69) is 37.9 Å². The fraction of sp³-hybridized carbons (Fsp3) is 1.00. The number of likely N-dealkylation sites (N-methyl/N-ethyl adjacent to an activating group) is 1. The molecular weight excluding hydrogens is 224 g/mol. The van der Waals surface area contributed by atoms with Crippen molar-refractivity contribution in [3.8, 4) is 0 Å². The SMILES string of the molecule is CCN(CCCCCNCC(C)C)C(C)COC. The first-order chi connectivity index (χ1) is 8.61. The van der Waals surface area contributed by atoms with Gasteiger partial charge in [0.1, 0.15) is 0 Å². The van der Waals surface area contributed by atoms with E-state index in [1.165, 1.54) is 25.8 Å². The molecule has 1 unspecified atom stereocenters. The van der Waals surface area contributed by atoms with E-state index in [-0.39, 0.29) is 0 Å². The van der Waals surface area contributed by atoms with E-state index in [1.54, 1.807) is 7.11 Å². The maximum Gasteiger partial charge on any atom is 0.0615 e. The minimum absolute atomic E-state index is 0.541. The van der Waals surface area contributed by atoms with Crippen LogP contribution in [-0.2, 0) is 4.74 Å². The summed E-state index contributed by atoms with van der Waals surface area (Å²) in [5.74, 6) is 0.760. The van der Waals surface area contributed by atoms with Gasteiger partial charge >= 0.3 is 0 Å². The molecule has 0 heterocycles. The van der Waals surface area contributed by atoms with Crippen molar-refractivity contribution in [3.05, 3.63) is 0 Å². The van der Waals surface area contributed by atoms with Gasteiger partial charge in [0.25, 0.3) is 0 Å². The van der Waals surface area contributed by atoms with Crippen LogP contribution in [0.25, 0.3) is 0 Å². The van der Waals surface area contributed by atoms with Crippen molar-refractivity contribution in [1.82, 2.24) is 10.2 Å². The maximum atomic E-state index is 5.22. The second kappa shape index (κ2) is 11.9. The maximum absolute atomic E-state index is 5.22. The lowest BCUT2D eigenvalue weighted by atomic mass is 10.2. The Bertz CT molecular complexity index is 174. The molecule has 0 saturated carbocycles. The first-order valence-corrected chi connectivity index (χ1v) is 7.55. The third-order valence-corrected chi connectivity index (χ3v) is 3.29. The smallest absolute Gasteiger partial charge is 0.0615 e. The van der Waals surface area contributed by atoms with E-state index < -0.39 is 0 Å². The third kappa shape index (κ3) is 9.86. The van der Waals surface area contributed by atoms with Crippen LogP contribution in [0.5, 0.6) is 0 Å². The summed E-state index contributed by atoms with van der Waals surface area (Å²) in [6, 6.07) is 0.541. The van der Waals surface area contributed by atoms with Gasteiger partial charge in [0.2, 0.25) is 0 Å². The van der Waals surface area contributed by atoms with Gasteiger partial charge in [0.05, 0.1) is 6.61 Å². The van der Waals surface area contributed by atoms with E-state index >= 15 is 0 Å². The number of hydrogen-bond donors (Lipinski definition) is 1. The van der Waals surface area contributed by atoms with Crippen LogP contribution in [-0.4, -0.2) is 50.8 Å². The normalized spacial score (nSPS) is 13.5. The van der Waals surface area contributed by atoms with Crippen LogP contribution in [0.2, 0.25) is 0 Å². The van der Waals surface area contributed by atoms with Crippen LogP contribution in [0.15, 0.2) is 0 Å². The quantitative estimate of drug-likeness (QED) is 0.545. The lowest BCUT2D eigenvalue weighted by Gasteiger charge is -2.27. The molecular formula is C15H34N2O. The van der Waals surface area contributed by atoms with Gasteiger partial charge < -0.3 is 10.1 Å². The van der Waals surface area contributed by atoms with Crippen LogP contribution < -0.4 is 5.32 Å². The molecule has 0 aliphatic heterocycles. The lowest BCUT2D eigenvalue weighted by Crippen LogP contribution is -2.36. The molecule has 0 aromatic rings. The first-order valence-electron chi connectivity index (χ1n) is 7.55. The number of methoxy groups -OCH3 is 1. The predicted molar refractivity (Wildman–Crippen MR) is 80.1 cm³/mol. The highest BCUT2D eigenvalue weighted by atomic mass is 16.5. The van der Waals surface area contributed by atoms with E-state index in [9.17, 15) is 0 Å². The molecule has 18 heavy (non-hydrogen) atoms. The summed E-state index contributed by atoms with van der Waals surface area (Å²) in [7, 11) is 1.78. The molecule has 0 aromatic carbocycles. The molecule has 1 atom stereocenters. The molecule has 3 nitrogen and oxygen atoms in total. The summed E-state index contributed by atoms with van der Waals surface area (Å²) >= 11 is 0. The molecule has 0 bridgehead atoms. The number of nitrogens with zero attached hydrogens (tertiary/aromatic N) is 1. The average molecular weight is 258 g/mol. The zero-order valence-corrected chi connectivity index (χ0v) is 13.2. The van der Waals surface area contributed by atoms with E-state index in [0.717, 1.165) is 32.2 Å². The van der Waals surface area contributed by atoms with Crippen molar-refractivity contribution in [2.24, 2.45) is 5.92 Å². The van der Waals surface area contributed by atoms with Gasteiger partial charge in [0.15, 0.2) is 0 Å². The van der Waals surface area contributed by atoms with Crippen LogP contribution in [0, 0.1) is 5.92 Å². The molecule has 0 amide bonds. The first kappa shape index (κ1) is 17.9. The van der Waals surface area contributed by atoms with Gasteiger partial charge in [0, 0.05) is 13.2 Å². The summed E-state index contributed by atoms with van der Waals surface area (Å²) in [5.41, 5.74) is 0. The Morgan fingerprint density at radius 3 is 2.39 bits per heavy atom. The van der Waals surface area contributed by atoms with Crippen molar-refractivity contribution >= 4 is 0 Å². The van der Waals surface area contributed by atoms with E-state index in [4.69, 9.17) is 4.74 Å². The van der Waals surface area contributed by atoms with Crippen molar-refractivity contribution in [1.29, 1.82) is 0 Å². The number of nitrogens with one attached hydrogen (secondary N) is 1. The minimum Gasteiger partial charge on any atom is -0.383 e. The van der Waals surface area contributed by atoms with E-state index in [1.807, 2.05) is 0 Å². The second-order valence-corrected chi connectivity index (χ2v) is 5.59. The van der Waals surface area contributed by atoms with Crippen molar-refractivity contribution in [2.75, 3.05) is 39.9 Å². The number of unbranched alkanes of at least 4 members (excludes halogenated alkanes) is 2. The van der Waals surface area contributed by atoms with Gasteiger partial charge in [-0.1, -0.05) is 27.2 Å². The Kier molecular flexibility index (Phi) is 11.9. The molecule has 0 spiro atoms. The van der Waals surface area contributed by atoms with Crippen LogP contribution in [0.3, 0.4) is 0 Å². The van der Waals surface area contributed by atoms with Gasteiger partial charge in [-0.15, -0.1) is 0 Å². The fourth-order valence-electron chi connectivity index (χ4n) is 2.17. The Morgan fingerprint density at radius 1 is 1.11 bits per heavy atom. The Labute approximate surface area is 114 Å². The van der Waals surface area contributed by atoms with E-state index in [0.29, 0.717) is 6.04 Å². The second-order valence-electron chi connectivity index (χ2n) is 5.59. The average Bonchev–Trinajstić information content (AvgIpc) is 2.32. The Balaban J connectivity index is 3.45. The largest absolute Gasteiger partial charge is 0.383 e. The van der Waals surface area contributed by atoms with Gasteiger partial charge in [-0.2, -0.15) is 0 Å². The van der Waals surface area contributed by atoms with Crippen LogP contribution >= 0.6 is 0 Å². The molecule has 0 saturated heterocycles. The molecule has 110 valence electrons. The molecule has 0 aromatic heterocycles. The molecule has 0 aliphatic rings. The standard InChI is InChI=1S/C15H34N2O/c1-6-17(15(4)13-18-5)11-9-7-8-10-16-12-14(2)3/h14-16H,6-13H2,1-5H3. The molecule has 0 rings (SSSR count). The summed E-state index contributed by atoms with van der Waals surface area (Å²) < 4.78 is 5.22.